The highest BCUT2D eigenvalue weighted by molar-refractivity contribution is 7.99. The van der Waals surface area contributed by atoms with Crippen LogP contribution in [0.15, 0.2) is 35.4 Å². The molecule has 2 aromatic rings. The zero-order chi connectivity index (χ0) is 15.1. The van der Waals surface area contributed by atoms with Crippen LogP contribution < -0.4 is 5.32 Å². The van der Waals surface area contributed by atoms with Crippen molar-refractivity contribution in [1.82, 2.24) is 20.3 Å². The Kier molecular flexibility index (Phi) is 6.26. The van der Waals surface area contributed by atoms with E-state index in [1.54, 1.807) is 4.68 Å². The predicted octanol–water partition coefficient (Wildman–Crippen LogP) is 2.83. The summed E-state index contributed by atoms with van der Waals surface area (Å²) in [4.78, 5) is 1.33. The molecule has 1 aromatic heterocycles. The minimum atomic E-state index is 0.423. The molecule has 1 aromatic carbocycles. The molecule has 1 heterocycles. The second-order valence-electron chi connectivity index (χ2n) is 5.37. The first kappa shape index (κ1) is 16.0. The summed E-state index contributed by atoms with van der Waals surface area (Å²) in [5.74, 6) is 1.04. The van der Waals surface area contributed by atoms with Gasteiger partial charge in [0.05, 0.1) is 5.69 Å². The highest BCUT2D eigenvalue weighted by atomic mass is 32.2. The summed E-state index contributed by atoms with van der Waals surface area (Å²) in [6.07, 6.45) is 4.07. The van der Waals surface area contributed by atoms with E-state index in [0.717, 1.165) is 30.8 Å². The Balaban J connectivity index is 1.92. The largest absolute Gasteiger partial charge is 0.313 e. The fourth-order valence-electron chi connectivity index (χ4n) is 2.18. The van der Waals surface area contributed by atoms with Gasteiger partial charge in [-0.25, -0.2) is 0 Å². The summed E-state index contributed by atoms with van der Waals surface area (Å²) in [6, 6.07) is 9.10. The number of nitrogens with zero attached hydrogens (tertiary/aromatic N) is 3. The lowest BCUT2D eigenvalue weighted by molar-refractivity contribution is 0.544. The van der Waals surface area contributed by atoms with Crippen molar-refractivity contribution in [2.45, 2.75) is 37.6 Å². The van der Waals surface area contributed by atoms with Gasteiger partial charge < -0.3 is 5.32 Å². The van der Waals surface area contributed by atoms with Gasteiger partial charge in [0.1, 0.15) is 0 Å². The molecule has 1 N–H and O–H groups in total. The average molecular weight is 304 g/mol. The van der Waals surface area contributed by atoms with E-state index in [2.05, 4.69) is 53.7 Å². The summed E-state index contributed by atoms with van der Waals surface area (Å²) < 4.78 is 1.76. The maximum atomic E-state index is 4.20. The topological polar surface area (TPSA) is 42.7 Å². The molecule has 0 aliphatic rings. The van der Waals surface area contributed by atoms with Gasteiger partial charge in [0.15, 0.2) is 0 Å². The van der Waals surface area contributed by atoms with Gasteiger partial charge in [-0.2, -0.15) is 0 Å². The fraction of sp³-hybridized carbons (Fsp3) is 0.500. The Bertz CT molecular complexity index is 553. The van der Waals surface area contributed by atoms with Crippen LogP contribution in [-0.4, -0.2) is 33.3 Å². The molecule has 0 fully saturated rings. The molecule has 2 rings (SSSR count). The fourth-order valence-corrected chi connectivity index (χ4v) is 3.26. The van der Waals surface area contributed by atoms with Crippen LogP contribution in [-0.2, 0) is 13.5 Å². The Labute approximate surface area is 131 Å². The monoisotopic (exact) mass is 304 g/mol. The molecule has 4 nitrogen and oxygen atoms in total. The van der Waals surface area contributed by atoms with Crippen LogP contribution >= 0.6 is 11.8 Å². The molecule has 0 amide bonds. The second-order valence-corrected chi connectivity index (χ2v) is 6.46. The van der Waals surface area contributed by atoms with Crippen molar-refractivity contribution in [2.75, 3.05) is 12.3 Å². The first-order valence-corrected chi connectivity index (χ1v) is 8.44. The summed E-state index contributed by atoms with van der Waals surface area (Å²) in [6.45, 7) is 5.37. The Morgan fingerprint density at radius 1 is 1.38 bits per heavy atom. The molecule has 0 radical (unpaired) electrons. The van der Waals surface area contributed by atoms with Crippen molar-refractivity contribution < 1.29 is 0 Å². The number of nitrogens with one attached hydrogen (secondary N) is 1. The highest BCUT2D eigenvalue weighted by Crippen LogP contribution is 2.20. The van der Waals surface area contributed by atoms with Gasteiger partial charge in [0.2, 0.25) is 0 Å². The molecule has 0 bridgehead atoms. The molecule has 1 unspecified atom stereocenters. The van der Waals surface area contributed by atoms with Crippen LogP contribution in [0.1, 0.15) is 24.6 Å². The van der Waals surface area contributed by atoms with Crippen molar-refractivity contribution in [3.05, 3.63) is 41.7 Å². The number of benzene rings is 1. The highest BCUT2D eigenvalue weighted by Gasteiger charge is 2.12. The van der Waals surface area contributed by atoms with Crippen LogP contribution in [0.4, 0.5) is 0 Å². The molecule has 0 saturated heterocycles. The van der Waals surface area contributed by atoms with E-state index < -0.39 is 0 Å². The van der Waals surface area contributed by atoms with Crippen LogP contribution in [0.25, 0.3) is 0 Å². The Hall–Kier alpha value is -1.33. The van der Waals surface area contributed by atoms with Crippen molar-refractivity contribution in [3.63, 3.8) is 0 Å². The molecule has 0 spiro atoms. The van der Waals surface area contributed by atoms with Gasteiger partial charge in [-0.1, -0.05) is 29.8 Å². The molecule has 0 aliphatic carbocycles. The second kappa shape index (κ2) is 8.20. The number of hydrogen-bond acceptors (Lipinski definition) is 4. The van der Waals surface area contributed by atoms with Crippen molar-refractivity contribution >= 4 is 11.8 Å². The van der Waals surface area contributed by atoms with Gasteiger partial charge in [0, 0.05) is 36.4 Å². The van der Waals surface area contributed by atoms with Gasteiger partial charge >= 0.3 is 0 Å². The third-order valence-corrected chi connectivity index (χ3v) is 4.39. The van der Waals surface area contributed by atoms with E-state index in [-0.39, 0.29) is 0 Å². The zero-order valence-electron chi connectivity index (χ0n) is 13.0. The number of rotatable bonds is 8. The Morgan fingerprint density at radius 3 is 2.90 bits per heavy atom. The van der Waals surface area contributed by atoms with Gasteiger partial charge in [-0.05, 0) is 32.0 Å². The number of aromatic nitrogens is 3. The van der Waals surface area contributed by atoms with Crippen LogP contribution in [0.3, 0.4) is 0 Å². The van der Waals surface area contributed by atoms with Gasteiger partial charge in [0.25, 0.3) is 0 Å². The van der Waals surface area contributed by atoms with Crippen LogP contribution in [0.5, 0.6) is 0 Å². The summed E-state index contributed by atoms with van der Waals surface area (Å²) in [7, 11) is 1.91. The first-order chi connectivity index (χ1) is 10.2. The summed E-state index contributed by atoms with van der Waals surface area (Å²) in [5, 5.41) is 11.8. The molecular formula is C16H24N4S. The van der Waals surface area contributed by atoms with E-state index in [1.165, 1.54) is 10.5 Å². The van der Waals surface area contributed by atoms with Crippen LogP contribution in [0, 0.1) is 6.92 Å². The van der Waals surface area contributed by atoms with Gasteiger partial charge in [-0.15, -0.1) is 16.9 Å². The minimum absolute atomic E-state index is 0.423. The lowest BCUT2D eigenvalue weighted by Crippen LogP contribution is -2.34. The summed E-state index contributed by atoms with van der Waals surface area (Å²) >= 11 is 1.90. The minimum Gasteiger partial charge on any atom is -0.313 e. The predicted molar refractivity (Wildman–Crippen MR) is 88.7 cm³/mol. The lowest BCUT2D eigenvalue weighted by Gasteiger charge is -2.17. The normalized spacial score (nSPS) is 12.5. The lowest BCUT2D eigenvalue weighted by atomic mass is 10.2. The SMILES string of the molecule is CCCNC(CSc1cccc(C)c1)Cc1cn(C)nn1. The van der Waals surface area contributed by atoms with E-state index >= 15 is 0 Å². The van der Waals surface area contributed by atoms with Crippen molar-refractivity contribution in [3.8, 4) is 0 Å². The van der Waals surface area contributed by atoms with Crippen molar-refractivity contribution in [1.29, 1.82) is 0 Å². The number of aryl methyl sites for hydroxylation is 2. The Morgan fingerprint density at radius 2 is 2.24 bits per heavy atom. The quantitative estimate of drug-likeness (QED) is 0.762. The molecule has 0 aliphatic heterocycles. The van der Waals surface area contributed by atoms with Crippen molar-refractivity contribution in [2.24, 2.45) is 7.05 Å². The third kappa shape index (κ3) is 5.52. The van der Waals surface area contributed by atoms with E-state index in [4.69, 9.17) is 0 Å². The van der Waals surface area contributed by atoms with Crippen LogP contribution in [0.2, 0.25) is 0 Å². The van der Waals surface area contributed by atoms with E-state index in [0.29, 0.717) is 6.04 Å². The maximum absolute atomic E-state index is 4.20. The third-order valence-electron chi connectivity index (χ3n) is 3.23. The number of hydrogen-bond donors (Lipinski definition) is 1. The molecule has 114 valence electrons. The molecule has 0 saturated carbocycles. The smallest absolute Gasteiger partial charge is 0.0842 e. The van der Waals surface area contributed by atoms with Gasteiger partial charge in [-0.3, -0.25) is 4.68 Å². The molecule has 5 heteroatoms. The van der Waals surface area contributed by atoms with E-state index in [9.17, 15) is 0 Å². The molecule has 1 atom stereocenters. The molecule has 21 heavy (non-hydrogen) atoms. The van der Waals surface area contributed by atoms with E-state index in [1.807, 2.05) is 25.0 Å². The molecular weight excluding hydrogens is 280 g/mol. The first-order valence-electron chi connectivity index (χ1n) is 7.45. The maximum Gasteiger partial charge on any atom is 0.0842 e. The number of thioether (sulfide) groups is 1. The standard InChI is InChI=1S/C16H24N4S/c1-4-8-17-15(10-14-11-20(3)19-18-14)12-21-16-7-5-6-13(2)9-16/h5-7,9,11,15,17H,4,8,10,12H2,1-3H3. The summed E-state index contributed by atoms with van der Waals surface area (Å²) in [5.41, 5.74) is 2.36. The average Bonchev–Trinajstić information content (AvgIpc) is 2.87. The zero-order valence-corrected chi connectivity index (χ0v) is 13.9.